The Morgan fingerprint density at radius 2 is 2.00 bits per heavy atom. The molecule has 7 nitrogen and oxygen atoms in total. The van der Waals surface area contributed by atoms with Crippen LogP contribution < -0.4 is 11.5 Å². The molecular formula is C11H19ClN4O3S. The van der Waals surface area contributed by atoms with Crippen LogP contribution in [-0.2, 0) is 17.1 Å². The van der Waals surface area contributed by atoms with Crippen LogP contribution in [-0.4, -0.2) is 42.3 Å². The number of carbonyl (C=O) groups excluding carboxylic acids is 1. The summed E-state index contributed by atoms with van der Waals surface area (Å²) in [7, 11) is -2.03. The van der Waals surface area contributed by atoms with Gasteiger partial charge in [-0.2, -0.15) is 4.31 Å². The number of hydrogen-bond donors (Lipinski definition) is 2. The lowest BCUT2D eigenvalue weighted by molar-refractivity contribution is 0.0992. The molecule has 0 aliphatic carbocycles. The molecule has 2 rings (SSSR count). The first-order valence-electron chi connectivity index (χ1n) is 5.95. The van der Waals surface area contributed by atoms with Gasteiger partial charge >= 0.3 is 0 Å². The van der Waals surface area contributed by atoms with E-state index in [0.717, 1.165) is 0 Å². The van der Waals surface area contributed by atoms with Crippen molar-refractivity contribution in [2.75, 3.05) is 13.1 Å². The van der Waals surface area contributed by atoms with Crippen molar-refractivity contribution in [1.29, 1.82) is 0 Å². The summed E-state index contributed by atoms with van der Waals surface area (Å²) in [6.45, 7) is 2.61. The van der Waals surface area contributed by atoms with Gasteiger partial charge in [0.15, 0.2) is 0 Å². The van der Waals surface area contributed by atoms with Crippen LogP contribution in [0, 0.1) is 5.92 Å². The van der Waals surface area contributed by atoms with Gasteiger partial charge in [-0.15, -0.1) is 12.4 Å². The summed E-state index contributed by atoms with van der Waals surface area (Å²) < 4.78 is 27.6. The highest BCUT2D eigenvalue weighted by atomic mass is 35.5. The van der Waals surface area contributed by atoms with E-state index in [0.29, 0.717) is 13.1 Å². The molecule has 0 spiro atoms. The van der Waals surface area contributed by atoms with Crippen molar-refractivity contribution in [3.8, 4) is 0 Å². The maximum Gasteiger partial charge on any atom is 0.265 e. The van der Waals surface area contributed by atoms with Gasteiger partial charge in [0, 0.05) is 32.4 Å². The zero-order valence-electron chi connectivity index (χ0n) is 11.3. The third kappa shape index (κ3) is 2.83. The Hall–Kier alpha value is -1.09. The number of nitrogens with zero attached hydrogens (tertiary/aromatic N) is 2. The third-order valence-electron chi connectivity index (χ3n) is 3.51. The minimum absolute atomic E-state index is 0. The first-order valence-corrected chi connectivity index (χ1v) is 7.39. The summed E-state index contributed by atoms with van der Waals surface area (Å²) in [6.07, 6.45) is 1.39. The second-order valence-corrected chi connectivity index (χ2v) is 6.94. The summed E-state index contributed by atoms with van der Waals surface area (Å²) in [4.78, 5) is 11.2. The minimum atomic E-state index is -3.62. The molecule has 4 N–H and O–H groups in total. The molecule has 1 fully saturated rings. The average Bonchev–Trinajstić information content (AvgIpc) is 2.84. The van der Waals surface area contributed by atoms with E-state index < -0.39 is 15.9 Å². The van der Waals surface area contributed by atoms with Crippen LogP contribution in [0.1, 0.15) is 17.4 Å². The largest absolute Gasteiger partial charge is 0.364 e. The van der Waals surface area contributed by atoms with Crippen molar-refractivity contribution in [1.82, 2.24) is 8.87 Å². The quantitative estimate of drug-likeness (QED) is 0.782. The molecule has 114 valence electrons. The van der Waals surface area contributed by atoms with Gasteiger partial charge in [0.25, 0.3) is 5.91 Å². The van der Waals surface area contributed by atoms with Crippen LogP contribution in [0.15, 0.2) is 17.2 Å². The van der Waals surface area contributed by atoms with E-state index >= 15 is 0 Å². The monoisotopic (exact) mass is 322 g/mol. The summed E-state index contributed by atoms with van der Waals surface area (Å²) in [5.41, 5.74) is 11.2. The number of sulfonamides is 1. The predicted octanol–water partition coefficient (Wildman–Crippen LogP) is -0.486. The number of nitrogens with two attached hydrogens (primary N) is 2. The van der Waals surface area contributed by atoms with Gasteiger partial charge in [0.05, 0.1) is 0 Å². The molecule has 0 radical (unpaired) electrons. The molecule has 0 bridgehead atoms. The molecule has 1 aliphatic rings. The summed E-state index contributed by atoms with van der Waals surface area (Å²) in [6, 6.07) is 1.14. The van der Waals surface area contributed by atoms with Crippen LogP contribution in [0.2, 0.25) is 0 Å². The second kappa shape index (κ2) is 5.72. The molecule has 9 heteroatoms. The van der Waals surface area contributed by atoms with E-state index in [1.165, 1.54) is 21.1 Å². The fraction of sp³-hybridized carbons (Fsp3) is 0.545. The Bertz CT molecular complexity index is 603. The predicted molar refractivity (Wildman–Crippen MR) is 77.1 cm³/mol. The van der Waals surface area contributed by atoms with Gasteiger partial charge in [-0.25, -0.2) is 8.42 Å². The summed E-state index contributed by atoms with van der Waals surface area (Å²) in [5, 5.41) is 0. The number of primary amides is 1. The van der Waals surface area contributed by atoms with Crippen molar-refractivity contribution in [3.05, 3.63) is 18.0 Å². The highest BCUT2D eigenvalue weighted by Gasteiger charge is 2.36. The number of halogens is 1. The molecule has 1 aromatic heterocycles. The molecule has 0 saturated carbocycles. The molecule has 20 heavy (non-hydrogen) atoms. The fourth-order valence-electron chi connectivity index (χ4n) is 2.21. The molecule has 2 unspecified atom stereocenters. The topological polar surface area (TPSA) is 111 Å². The number of amides is 1. The van der Waals surface area contributed by atoms with Crippen LogP contribution in [0.5, 0.6) is 0 Å². The Morgan fingerprint density at radius 3 is 2.40 bits per heavy atom. The number of carbonyl (C=O) groups is 1. The highest BCUT2D eigenvalue weighted by molar-refractivity contribution is 7.89. The van der Waals surface area contributed by atoms with E-state index in [9.17, 15) is 13.2 Å². The lowest BCUT2D eigenvalue weighted by Gasteiger charge is -2.14. The van der Waals surface area contributed by atoms with E-state index in [4.69, 9.17) is 11.5 Å². The molecule has 1 amide bonds. The standard InChI is InChI=1S/C11H18N4O3S.ClH/c1-7-4-15(6-9(7)12)19(17,18)8-3-10(11(13)16)14(2)5-8;/h3,5,7,9H,4,6,12H2,1-2H3,(H2,13,16);1H. The van der Waals surface area contributed by atoms with Crippen LogP contribution in [0.3, 0.4) is 0 Å². The first kappa shape index (κ1) is 17.0. The molecular weight excluding hydrogens is 304 g/mol. The van der Waals surface area contributed by atoms with Crippen molar-refractivity contribution in [2.45, 2.75) is 17.9 Å². The molecule has 2 heterocycles. The fourth-order valence-corrected chi connectivity index (χ4v) is 3.86. The van der Waals surface area contributed by atoms with Crippen molar-refractivity contribution in [3.63, 3.8) is 0 Å². The smallest absolute Gasteiger partial charge is 0.265 e. The zero-order chi connectivity index (χ0) is 14.4. The maximum atomic E-state index is 12.4. The molecule has 1 aromatic rings. The Balaban J connectivity index is 0.00000200. The van der Waals surface area contributed by atoms with Crippen molar-refractivity contribution < 1.29 is 13.2 Å². The number of rotatable bonds is 3. The van der Waals surface area contributed by atoms with Gasteiger partial charge in [-0.1, -0.05) is 6.92 Å². The van der Waals surface area contributed by atoms with Crippen LogP contribution in [0.4, 0.5) is 0 Å². The zero-order valence-corrected chi connectivity index (χ0v) is 12.9. The van der Waals surface area contributed by atoms with Gasteiger partial charge in [-0.3, -0.25) is 4.79 Å². The minimum Gasteiger partial charge on any atom is -0.364 e. The van der Waals surface area contributed by atoms with Crippen LogP contribution >= 0.6 is 12.4 Å². The highest BCUT2D eigenvalue weighted by Crippen LogP contribution is 2.24. The Labute approximate surface area is 124 Å². The second-order valence-electron chi connectivity index (χ2n) is 5.00. The average molecular weight is 323 g/mol. The van der Waals surface area contributed by atoms with Crippen molar-refractivity contribution in [2.24, 2.45) is 24.4 Å². The number of aryl methyl sites for hydroxylation is 1. The Kier molecular flexibility index (Phi) is 4.86. The van der Waals surface area contributed by atoms with Gasteiger partial charge in [0.2, 0.25) is 10.0 Å². The number of hydrogen-bond acceptors (Lipinski definition) is 4. The number of aromatic nitrogens is 1. The van der Waals surface area contributed by atoms with Gasteiger partial charge in [-0.05, 0) is 12.0 Å². The summed E-state index contributed by atoms with van der Waals surface area (Å²) in [5.74, 6) is -0.537. The normalized spacial score (nSPS) is 23.6. The van der Waals surface area contributed by atoms with Gasteiger partial charge < -0.3 is 16.0 Å². The molecule has 1 aliphatic heterocycles. The SMILES string of the molecule is CC1CN(S(=O)(=O)c2cc(C(N)=O)n(C)c2)CC1N.Cl. The van der Waals surface area contributed by atoms with E-state index in [1.54, 1.807) is 7.05 Å². The van der Waals surface area contributed by atoms with Crippen LogP contribution in [0.25, 0.3) is 0 Å². The Morgan fingerprint density at radius 1 is 1.40 bits per heavy atom. The maximum absolute atomic E-state index is 12.4. The molecule has 1 saturated heterocycles. The van der Waals surface area contributed by atoms with E-state index in [2.05, 4.69) is 0 Å². The first-order chi connectivity index (χ1) is 8.73. The lowest BCUT2D eigenvalue weighted by Crippen LogP contribution is -2.32. The van der Waals surface area contributed by atoms with E-state index in [-0.39, 0.29) is 35.0 Å². The van der Waals surface area contributed by atoms with Crippen molar-refractivity contribution >= 4 is 28.3 Å². The molecule has 0 aromatic carbocycles. The van der Waals surface area contributed by atoms with Gasteiger partial charge in [0.1, 0.15) is 10.6 Å². The third-order valence-corrected chi connectivity index (χ3v) is 5.30. The lowest BCUT2D eigenvalue weighted by atomic mass is 10.1. The van der Waals surface area contributed by atoms with E-state index in [1.807, 2.05) is 6.92 Å². The molecule has 2 atom stereocenters. The summed E-state index contributed by atoms with van der Waals surface area (Å²) >= 11 is 0.